The van der Waals surface area contributed by atoms with Crippen LogP contribution in [0, 0.1) is 0 Å². The van der Waals surface area contributed by atoms with Crippen LogP contribution in [0.3, 0.4) is 0 Å². The van der Waals surface area contributed by atoms with Crippen LogP contribution in [-0.2, 0) is 10.2 Å². The molecular weight excluding hydrogens is 346 g/mol. The first kappa shape index (κ1) is 20.6. The number of carbonyl (C=O) groups is 2. The molecule has 0 bridgehead atoms. The van der Waals surface area contributed by atoms with E-state index in [0.717, 1.165) is 12.0 Å². The van der Waals surface area contributed by atoms with E-state index in [9.17, 15) is 9.59 Å². The monoisotopic (exact) mass is 377 g/mol. The standard InChI is InChI=1S/C20H31N3O2S/c1-6-11-21-19(25)22(5)12-13-23-17(24)14-26-18(23)15-7-9-16(10-8-15)20(2,3)4/h7-10,18H,6,11-14H2,1-5H3,(H,21,25)/t18-/m1/s1. The second kappa shape index (κ2) is 8.80. The minimum Gasteiger partial charge on any atom is -0.338 e. The molecule has 1 N–H and O–H groups in total. The fourth-order valence-corrected chi connectivity index (χ4v) is 4.06. The molecule has 1 atom stereocenters. The van der Waals surface area contributed by atoms with E-state index in [4.69, 9.17) is 0 Å². The summed E-state index contributed by atoms with van der Waals surface area (Å²) in [4.78, 5) is 27.8. The van der Waals surface area contributed by atoms with Crippen LogP contribution in [0.5, 0.6) is 0 Å². The molecule has 1 fully saturated rings. The van der Waals surface area contributed by atoms with Gasteiger partial charge in [-0.15, -0.1) is 11.8 Å². The lowest BCUT2D eigenvalue weighted by molar-refractivity contribution is -0.128. The molecule has 0 radical (unpaired) electrons. The van der Waals surface area contributed by atoms with Crippen molar-refractivity contribution >= 4 is 23.7 Å². The predicted molar refractivity (Wildman–Crippen MR) is 108 cm³/mol. The molecule has 0 spiro atoms. The Labute approximate surface area is 161 Å². The van der Waals surface area contributed by atoms with Gasteiger partial charge in [-0.2, -0.15) is 0 Å². The van der Waals surface area contributed by atoms with Crippen molar-refractivity contribution in [3.05, 3.63) is 35.4 Å². The lowest BCUT2D eigenvalue weighted by Crippen LogP contribution is -2.42. The zero-order valence-electron chi connectivity index (χ0n) is 16.5. The van der Waals surface area contributed by atoms with Crippen LogP contribution in [0.1, 0.15) is 50.6 Å². The van der Waals surface area contributed by atoms with Gasteiger partial charge in [-0.05, 0) is 23.0 Å². The van der Waals surface area contributed by atoms with Gasteiger partial charge in [-0.25, -0.2) is 4.79 Å². The first-order valence-electron chi connectivity index (χ1n) is 9.24. The number of urea groups is 1. The Morgan fingerprint density at radius 3 is 2.54 bits per heavy atom. The molecule has 5 nitrogen and oxygen atoms in total. The van der Waals surface area contributed by atoms with E-state index in [1.165, 1.54) is 5.56 Å². The Balaban J connectivity index is 2.01. The number of benzene rings is 1. The van der Waals surface area contributed by atoms with Crippen LogP contribution in [0.15, 0.2) is 24.3 Å². The third-order valence-corrected chi connectivity index (χ3v) is 5.84. The largest absolute Gasteiger partial charge is 0.338 e. The van der Waals surface area contributed by atoms with Crippen LogP contribution in [0.25, 0.3) is 0 Å². The molecule has 0 unspecified atom stereocenters. The van der Waals surface area contributed by atoms with Gasteiger partial charge in [-0.1, -0.05) is 52.0 Å². The highest BCUT2D eigenvalue weighted by molar-refractivity contribution is 8.00. The summed E-state index contributed by atoms with van der Waals surface area (Å²) < 4.78 is 0. The Bertz CT molecular complexity index is 625. The number of carbonyl (C=O) groups excluding carboxylic acids is 2. The zero-order valence-corrected chi connectivity index (χ0v) is 17.4. The topological polar surface area (TPSA) is 52.7 Å². The van der Waals surface area contributed by atoms with Crippen LogP contribution >= 0.6 is 11.8 Å². The molecule has 1 aliphatic rings. The number of rotatable bonds is 6. The normalized spacial score (nSPS) is 17.5. The lowest BCUT2D eigenvalue weighted by atomic mass is 9.87. The van der Waals surface area contributed by atoms with Crippen LogP contribution in [0.4, 0.5) is 4.79 Å². The van der Waals surface area contributed by atoms with E-state index in [2.05, 4.69) is 50.4 Å². The van der Waals surface area contributed by atoms with E-state index in [1.807, 2.05) is 11.8 Å². The number of thioether (sulfide) groups is 1. The number of amides is 3. The van der Waals surface area contributed by atoms with Crippen molar-refractivity contribution in [2.45, 2.75) is 44.9 Å². The lowest BCUT2D eigenvalue weighted by Gasteiger charge is -2.27. The van der Waals surface area contributed by atoms with Crippen molar-refractivity contribution in [1.29, 1.82) is 0 Å². The van der Waals surface area contributed by atoms with Gasteiger partial charge in [0, 0.05) is 26.7 Å². The number of hydrogen-bond donors (Lipinski definition) is 1. The van der Waals surface area contributed by atoms with Gasteiger partial charge in [0.25, 0.3) is 0 Å². The van der Waals surface area contributed by atoms with E-state index < -0.39 is 0 Å². The maximum absolute atomic E-state index is 12.3. The van der Waals surface area contributed by atoms with Crippen molar-refractivity contribution in [2.24, 2.45) is 0 Å². The molecule has 0 aromatic heterocycles. The van der Waals surface area contributed by atoms with Crippen molar-refractivity contribution < 1.29 is 9.59 Å². The molecule has 144 valence electrons. The quantitative estimate of drug-likeness (QED) is 0.824. The summed E-state index contributed by atoms with van der Waals surface area (Å²) in [5.41, 5.74) is 2.55. The van der Waals surface area contributed by atoms with Gasteiger partial charge < -0.3 is 15.1 Å². The van der Waals surface area contributed by atoms with E-state index >= 15 is 0 Å². The molecule has 1 aromatic carbocycles. The summed E-state index contributed by atoms with van der Waals surface area (Å²) >= 11 is 1.66. The molecule has 3 amide bonds. The second-order valence-corrected chi connectivity index (χ2v) is 8.84. The molecule has 1 aromatic rings. The summed E-state index contributed by atoms with van der Waals surface area (Å²) in [6.45, 7) is 10.4. The summed E-state index contributed by atoms with van der Waals surface area (Å²) in [6.07, 6.45) is 0.910. The number of likely N-dealkylation sites (N-methyl/N-ethyl adjacent to an activating group) is 1. The third kappa shape index (κ3) is 5.16. The minimum absolute atomic E-state index is 0.0311. The molecule has 1 heterocycles. The predicted octanol–water partition coefficient (Wildman–Crippen LogP) is 3.61. The Hall–Kier alpha value is -1.69. The van der Waals surface area contributed by atoms with E-state index in [1.54, 1.807) is 23.7 Å². The molecule has 0 aliphatic carbocycles. The summed E-state index contributed by atoms with van der Waals surface area (Å²) in [7, 11) is 1.77. The Morgan fingerprint density at radius 2 is 1.96 bits per heavy atom. The summed E-state index contributed by atoms with van der Waals surface area (Å²) in [5, 5.41) is 2.89. The highest BCUT2D eigenvalue weighted by atomic mass is 32.2. The molecule has 26 heavy (non-hydrogen) atoms. The number of hydrogen-bond acceptors (Lipinski definition) is 3. The summed E-state index contributed by atoms with van der Waals surface area (Å²) in [5.74, 6) is 0.638. The van der Waals surface area contributed by atoms with Gasteiger partial charge in [0.2, 0.25) is 5.91 Å². The SMILES string of the molecule is CCCNC(=O)N(C)CCN1C(=O)CS[C@@H]1c1ccc(C(C)(C)C)cc1. The Morgan fingerprint density at radius 1 is 1.31 bits per heavy atom. The van der Waals surface area contributed by atoms with Crippen molar-refractivity contribution in [3.8, 4) is 0 Å². The fraction of sp³-hybridized carbons (Fsp3) is 0.600. The summed E-state index contributed by atoms with van der Waals surface area (Å²) in [6, 6.07) is 8.48. The molecular formula is C20H31N3O2S. The van der Waals surface area contributed by atoms with Gasteiger partial charge in [-0.3, -0.25) is 4.79 Å². The van der Waals surface area contributed by atoms with Gasteiger partial charge in [0.15, 0.2) is 0 Å². The van der Waals surface area contributed by atoms with Gasteiger partial charge >= 0.3 is 6.03 Å². The van der Waals surface area contributed by atoms with Gasteiger partial charge in [0.05, 0.1) is 5.75 Å². The van der Waals surface area contributed by atoms with Crippen molar-refractivity contribution in [1.82, 2.24) is 15.1 Å². The first-order chi connectivity index (χ1) is 12.2. The van der Waals surface area contributed by atoms with Crippen LogP contribution in [-0.4, -0.2) is 54.2 Å². The van der Waals surface area contributed by atoms with Crippen molar-refractivity contribution in [2.75, 3.05) is 32.4 Å². The minimum atomic E-state index is -0.0859. The Kier molecular flexibility index (Phi) is 6.98. The molecule has 2 rings (SSSR count). The fourth-order valence-electron chi connectivity index (χ4n) is 2.85. The maximum Gasteiger partial charge on any atom is 0.317 e. The van der Waals surface area contributed by atoms with E-state index in [-0.39, 0.29) is 22.7 Å². The van der Waals surface area contributed by atoms with Crippen LogP contribution in [0.2, 0.25) is 0 Å². The highest BCUT2D eigenvalue weighted by Gasteiger charge is 2.33. The van der Waals surface area contributed by atoms with Crippen LogP contribution < -0.4 is 5.32 Å². The number of nitrogens with zero attached hydrogens (tertiary/aromatic N) is 2. The average molecular weight is 378 g/mol. The molecule has 6 heteroatoms. The third-order valence-electron chi connectivity index (χ3n) is 4.58. The number of nitrogens with one attached hydrogen (secondary N) is 1. The van der Waals surface area contributed by atoms with E-state index in [0.29, 0.717) is 25.4 Å². The first-order valence-corrected chi connectivity index (χ1v) is 10.3. The average Bonchev–Trinajstić information content (AvgIpc) is 2.97. The smallest absolute Gasteiger partial charge is 0.317 e. The van der Waals surface area contributed by atoms with Crippen molar-refractivity contribution in [3.63, 3.8) is 0 Å². The highest BCUT2D eigenvalue weighted by Crippen LogP contribution is 2.39. The molecule has 0 saturated carbocycles. The molecule has 1 aliphatic heterocycles. The van der Waals surface area contributed by atoms with Gasteiger partial charge in [0.1, 0.15) is 5.37 Å². The maximum atomic E-state index is 12.3. The zero-order chi connectivity index (χ0) is 19.3. The molecule has 1 saturated heterocycles. The second-order valence-electron chi connectivity index (χ2n) is 7.78.